The minimum absolute atomic E-state index is 0.0843. The third-order valence-corrected chi connectivity index (χ3v) is 3.70. The van der Waals surface area contributed by atoms with Crippen molar-refractivity contribution in [1.82, 2.24) is 0 Å². The molecule has 0 aromatic heterocycles. The van der Waals surface area contributed by atoms with Gasteiger partial charge in [-0.3, -0.25) is 4.79 Å². The molecule has 14 heavy (non-hydrogen) atoms. The standard InChI is InChI=1S/C10H9BrCl2O/c1-6(14)8(11)5-7-3-2-4-9(12)10(7)13/h2-4,8H,5H2,1H3. The molecule has 0 spiro atoms. The molecule has 0 saturated carbocycles. The van der Waals surface area contributed by atoms with Crippen LogP contribution < -0.4 is 0 Å². The van der Waals surface area contributed by atoms with Gasteiger partial charge in [0.05, 0.1) is 14.9 Å². The normalized spacial score (nSPS) is 12.6. The maximum Gasteiger partial charge on any atom is 0.143 e. The van der Waals surface area contributed by atoms with Crippen molar-refractivity contribution in [3.8, 4) is 0 Å². The number of halogens is 3. The Kier molecular flexibility index (Phi) is 4.42. The molecule has 0 bridgehead atoms. The number of hydrogen-bond acceptors (Lipinski definition) is 1. The van der Waals surface area contributed by atoms with E-state index in [0.29, 0.717) is 16.5 Å². The SMILES string of the molecule is CC(=O)C(Br)Cc1cccc(Cl)c1Cl. The largest absolute Gasteiger partial charge is 0.299 e. The van der Waals surface area contributed by atoms with Gasteiger partial charge in [-0.25, -0.2) is 0 Å². The third-order valence-electron chi connectivity index (χ3n) is 1.87. The zero-order valence-electron chi connectivity index (χ0n) is 7.56. The lowest BCUT2D eigenvalue weighted by molar-refractivity contribution is -0.116. The molecule has 1 unspecified atom stereocenters. The molecule has 1 rings (SSSR count). The van der Waals surface area contributed by atoms with Crippen molar-refractivity contribution in [2.24, 2.45) is 0 Å². The van der Waals surface area contributed by atoms with E-state index in [2.05, 4.69) is 15.9 Å². The minimum Gasteiger partial charge on any atom is -0.299 e. The molecule has 1 aromatic rings. The van der Waals surface area contributed by atoms with Crippen molar-refractivity contribution in [3.05, 3.63) is 33.8 Å². The summed E-state index contributed by atoms with van der Waals surface area (Å²) in [6, 6.07) is 5.42. The first-order chi connectivity index (χ1) is 6.52. The summed E-state index contributed by atoms with van der Waals surface area (Å²) in [6.45, 7) is 1.54. The molecule has 1 aromatic carbocycles. The molecule has 0 N–H and O–H groups in total. The molecule has 0 saturated heterocycles. The average molecular weight is 296 g/mol. The highest BCUT2D eigenvalue weighted by molar-refractivity contribution is 9.10. The van der Waals surface area contributed by atoms with Crippen molar-refractivity contribution in [1.29, 1.82) is 0 Å². The fourth-order valence-corrected chi connectivity index (χ4v) is 1.79. The molecule has 1 atom stereocenters. The predicted molar refractivity (Wildman–Crippen MR) is 63.6 cm³/mol. The summed E-state index contributed by atoms with van der Waals surface area (Å²) in [7, 11) is 0. The van der Waals surface area contributed by atoms with Gasteiger partial charge in [0.25, 0.3) is 0 Å². The molecule has 0 aliphatic heterocycles. The first-order valence-corrected chi connectivity index (χ1v) is 5.77. The average Bonchev–Trinajstić information content (AvgIpc) is 2.12. The Morgan fingerprint density at radius 2 is 2.14 bits per heavy atom. The van der Waals surface area contributed by atoms with E-state index in [1.54, 1.807) is 6.07 Å². The maximum atomic E-state index is 11.0. The van der Waals surface area contributed by atoms with E-state index in [-0.39, 0.29) is 10.6 Å². The van der Waals surface area contributed by atoms with Gasteiger partial charge in [-0.1, -0.05) is 51.3 Å². The predicted octanol–water partition coefficient (Wildman–Crippen LogP) is 3.89. The molecule has 0 aliphatic rings. The third kappa shape index (κ3) is 2.97. The highest BCUT2D eigenvalue weighted by Gasteiger charge is 2.13. The number of Topliss-reactive ketones (excluding diaryl/α,β-unsaturated/α-hetero) is 1. The summed E-state index contributed by atoms with van der Waals surface area (Å²) in [5.74, 6) is 0.0843. The van der Waals surface area contributed by atoms with Gasteiger partial charge in [-0.05, 0) is 25.0 Å². The summed E-state index contributed by atoms with van der Waals surface area (Å²) in [4.78, 5) is 10.8. The van der Waals surface area contributed by atoms with E-state index in [9.17, 15) is 4.79 Å². The topological polar surface area (TPSA) is 17.1 Å². The Balaban J connectivity index is 2.87. The van der Waals surface area contributed by atoms with Crippen molar-refractivity contribution in [2.45, 2.75) is 18.2 Å². The maximum absolute atomic E-state index is 11.0. The van der Waals surface area contributed by atoms with Crippen LogP contribution in [0.4, 0.5) is 0 Å². The second kappa shape index (κ2) is 5.15. The van der Waals surface area contributed by atoms with Crippen LogP contribution >= 0.6 is 39.1 Å². The number of benzene rings is 1. The van der Waals surface area contributed by atoms with Crippen LogP contribution in [0.3, 0.4) is 0 Å². The quantitative estimate of drug-likeness (QED) is 0.773. The van der Waals surface area contributed by atoms with E-state index in [4.69, 9.17) is 23.2 Å². The van der Waals surface area contributed by atoms with Crippen LogP contribution in [0.15, 0.2) is 18.2 Å². The first kappa shape index (κ1) is 12.0. The van der Waals surface area contributed by atoms with Crippen molar-refractivity contribution < 1.29 is 4.79 Å². The smallest absolute Gasteiger partial charge is 0.143 e. The molecule has 0 radical (unpaired) electrons. The van der Waals surface area contributed by atoms with Gasteiger partial charge in [-0.15, -0.1) is 0 Å². The number of rotatable bonds is 3. The van der Waals surface area contributed by atoms with Gasteiger partial charge in [-0.2, -0.15) is 0 Å². The van der Waals surface area contributed by atoms with Gasteiger partial charge in [0.1, 0.15) is 5.78 Å². The lowest BCUT2D eigenvalue weighted by Gasteiger charge is -2.08. The number of ketones is 1. The van der Waals surface area contributed by atoms with Gasteiger partial charge >= 0.3 is 0 Å². The zero-order valence-corrected chi connectivity index (χ0v) is 10.7. The summed E-state index contributed by atoms with van der Waals surface area (Å²) in [5, 5.41) is 1.05. The van der Waals surface area contributed by atoms with Gasteiger partial charge in [0.2, 0.25) is 0 Å². The highest BCUT2D eigenvalue weighted by atomic mass is 79.9. The minimum atomic E-state index is -0.196. The summed E-state index contributed by atoms with van der Waals surface area (Å²) in [6.07, 6.45) is 0.564. The van der Waals surface area contributed by atoms with Crippen molar-refractivity contribution in [3.63, 3.8) is 0 Å². The molecule has 1 nitrogen and oxygen atoms in total. The molecule has 0 amide bonds. The van der Waals surface area contributed by atoms with Gasteiger partial charge < -0.3 is 0 Å². The van der Waals surface area contributed by atoms with Crippen LogP contribution in [0.5, 0.6) is 0 Å². The number of carbonyl (C=O) groups excluding carboxylic acids is 1. The summed E-state index contributed by atoms with van der Waals surface area (Å²) >= 11 is 15.1. The van der Waals surface area contributed by atoms with E-state index in [1.807, 2.05) is 12.1 Å². The van der Waals surface area contributed by atoms with Crippen LogP contribution in [-0.4, -0.2) is 10.6 Å². The fraction of sp³-hybridized carbons (Fsp3) is 0.300. The molecule has 76 valence electrons. The van der Waals surface area contributed by atoms with E-state index in [0.717, 1.165) is 5.56 Å². The lowest BCUT2D eigenvalue weighted by atomic mass is 10.1. The van der Waals surface area contributed by atoms with Crippen molar-refractivity contribution >= 4 is 44.9 Å². The monoisotopic (exact) mass is 294 g/mol. The molecule has 0 fully saturated rings. The van der Waals surface area contributed by atoms with Gasteiger partial charge in [0.15, 0.2) is 0 Å². The van der Waals surface area contributed by atoms with Crippen LogP contribution in [0, 0.1) is 0 Å². The summed E-state index contributed by atoms with van der Waals surface area (Å²) < 4.78 is 0. The zero-order chi connectivity index (χ0) is 10.7. The van der Waals surface area contributed by atoms with Crippen LogP contribution in [0.1, 0.15) is 12.5 Å². The lowest BCUT2D eigenvalue weighted by Crippen LogP contribution is -2.12. The van der Waals surface area contributed by atoms with E-state index in [1.165, 1.54) is 6.92 Å². The van der Waals surface area contributed by atoms with Crippen LogP contribution in [0.25, 0.3) is 0 Å². The van der Waals surface area contributed by atoms with Crippen LogP contribution in [-0.2, 0) is 11.2 Å². The van der Waals surface area contributed by atoms with Gasteiger partial charge in [0, 0.05) is 0 Å². The number of hydrogen-bond donors (Lipinski definition) is 0. The molecule has 0 heterocycles. The Bertz CT molecular complexity index is 352. The Hall–Kier alpha value is -0.0500. The first-order valence-electron chi connectivity index (χ1n) is 4.09. The number of alkyl halides is 1. The molecule has 4 heteroatoms. The number of carbonyl (C=O) groups is 1. The molecular formula is C10H9BrCl2O. The second-order valence-electron chi connectivity index (χ2n) is 3.00. The van der Waals surface area contributed by atoms with Crippen LogP contribution in [0.2, 0.25) is 10.0 Å². The van der Waals surface area contributed by atoms with E-state index >= 15 is 0 Å². The summed E-state index contributed by atoms with van der Waals surface area (Å²) in [5.41, 5.74) is 0.885. The highest BCUT2D eigenvalue weighted by Crippen LogP contribution is 2.27. The Morgan fingerprint density at radius 1 is 1.50 bits per heavy atom. The molecular weight excluding hydrogens is 287 g/mol. The Labute approximate surface area is 102 Å². The Morgan fingerprint density at radius 3 is 2.71 bits per heavy atom. The second-order valence-corrected chi connectivity index (χ2v) is 4.89. The van der Waals surface area contributed by atoms with Crippen molar-refractivity contribution in [2.75, 3.05) is 0 Å². The van der Waals surface area contributed by atoms with E-state index < -0.39 is 0 Å². The molecule has 0 aliphatic carbocycles. The fourth-order valence-electron chi connectivity index (χ4n) is 1.04.